The SMILES string of the molecule is COc1ccc(NC2CCCC2S(C)(=O)=O)cc1F. The van der Waals surface area contributed by atoms with E-state index in [1.807, 2.05) is 0 Å². The van der Waals surface area contributed by atoms with Crippen molar-refractivity contribution in [3.8, 4) is 5.75 Å². The van der Waals surface area contributed by atoms with Gasteiger partial charge in [0.15, 0.2) is 21.4 Å². The van der Waals surface area contributed by atoms with Crippen molar-refractivity contribution < 1.29 is 17.5 Å². The van der Waals surface area contributed by atoms with Gasteiger partial charge in [0.25, 0.3) is 0 Å². The lowest BCUT2D eigenvalue weighted by Gasteiger charge is -2.20. The zero-order chi connectivity index (χ0) is 14.0. The van der Waals surface area contributed by atoms with Gasteiger partial charge in [0, 0.05) is 24.1 Å². The summed E-state index contributed by atoms with van der Waals surface area (Å²) < 4.78 is 41.8. The third-order valence-electron chi connectivity index (χ3n) is 3.51. The number of anilines is 1. The van der Waals surface area contributed by atoms with Gasteiger partial charge in [-0.3, -0.25) is 0 Å². The van der Waals surface area contributed by atoms with Gasteiger partial charge in [-0.25, -0.2) is 12.8 Å². The van der Waals surface area contributed by atoms with Gasteiger partial charge in [-0.15, -0.1) is 0 Å². The summed E-state index contributed by atoms with van der Waals surface area (Å²) in [5.74, 6) is -0.280. The van der Waals surface area contributed by atoms with E-state index in [4.69, 9.17) is 4.74 Å². The van der Waals surface area contributed by atoms with E-state index < -0.39 is 20.9 Å². The van der Waals surface area contributed by atoms with Crippen molar-refractivity contribution in [1.82, 2.24) is 0 Å². The molecule has 0 heterocycles. The zero-order valence-electron chi connectivity index (χ0n) is 11.0. The molecule has 6 heteroatoms. The van der Waals surface area contributed by atoms with Crippen LogP contribution in [-0.4, -0.2) is 33.1 Å². The van der Waals surface area contributed by atoms with Crippen molar-refractivity contribution >= 4 is 15.5 Å². The summed E-state index contributed by atoms with van der Waals surface area (Å²) in [5, 5.41) is 2.72. The van der Waals surface area contributed by atoms with Crippen molar-refractivity contribution in [3.05, 3.63) is 24.0 Å². The highest BCUT2D eigenvalue weighted by Gasteiger charge is 2.34. The molecule has 0 aliphatic heterocycles. The van der Waals surface area contributed by atoms with Crippen LogP contribution in [0.3, 0.4) is 0 Å². The molecule has 1 fully saturated rings. The summed E-state index contributed by atoms with van der Waals surface area (Å²) in [6.07, 6.45) is 3.57. The highest BCUT2D eigenvalue weighted by molar-refractivity contribution is 7.91. The fourth-order valence-corrected chi connectivity index (χ4v) is 3.97. The molecule has 0 saturated heterocycles. The number of hydrogen-bond acceptors (Lipinski definition) is 4. The van der Waals surface area contributed by atoms with Gasteiger partial charge in [-0.1, -0.05) is 0 Å². The molecule has 0 radical (unpaired) electrons. The monoisotopic (exact) mass is 287 g/mol. The number of sulfone groups is 1. The third kappa shape index (κ3) is 3.18. The van der Waals surface area contributed by atoms with Gasteiger partial charge < -0.3 is 10.1 Å². The standard InChI is InChI=1S/C13H18FNO3S/c1-18-12-7-6-9(8-10(12)14)15-11-4-3-5-13(11)19(2,16)17/h6-8,11,13,15H,3-5H2,1-2H3. The quantitative estimate of drug-likeness (QED) is 0.922. The van der Waals surface area contributed by atoms with Crippen LogP contribution in [0.2, 0.25) is 0 Å². The smallest absolute Gasteiger partial charge is 0.167 e. The molecule has 106 valence electrons. The van der Waals surface area contributed by atoms with Crippen molar-refractivity contribution in [2.75, 3.05) is 18.7 Å². The molecule has 0 aromatic heterocycles. The molecule has 1 aliphatic carbocycles. The molecule has 2 unspecified atom stereocenters. The maximum Gasteiger partial charge on any atom is 0.167 e. The summed E-state index contributed by atoms with van der Waals surface area (Å²) >= 11 is 0. The number of halogens is 1. The highest BCUT2D eigenvalue weighted by Crippen LogP contribution is 2.29. The molecule has 2 atom stereocenters. The molecule has 1 aromatic carbocycles. The first kappa shape index (κ1) is 14.1. The molecule has 1 N–H and O–H groups in total. The Hall–Kier alpha value is -1.30. The molecule has 1 aromatic rings. The Morgan fingerprint density at radius 2 is 2.11 bits per heavy atom. The van der Waals surface area contributed by atoms with Gasteiger partial charge >= 0.3 is 0 Å². The normalized spacial score (nSPS) is 23.3. The number of benzene rings is 1. The Morgan fingerprint density at radius 3 is 2.68 bits per heavy atom. The van der Waals surface area contributed by atoms with Crippen molar-refractivity contribution in [3.63, 3.8) is 0 Å². The van der Waals surface area contributed by atoms with Gasteiger partial charge in [0.1, 0.15) is 0 Å². The molecule has 1 aliphatic rings. The van der Waals surface area contributed by atoms with Crippen LogP contribution in [0.4, 0.5) is 10.1 Å². The average Bonchev–Trinajstić information content (AvgIpc) is 2.77. The average molecular weight is 287 g/mol. The summed E-state index contributed by atoms with van der Waals surface area (Å²) in [6.45, 7) is 0. The summed E-state index contributed by atoms with van der Waals surface area (Å²) in [7, 11) is -1.67. The number of ether oxygens (including phenoxy) is 1. The Morgan fingerprint density at radius 1 is 1.37 bits per heavy atom. The van der Waals surface area contributed by atoms with E-state index >= 15 is 0 Å². The van der Waals surface area contributed by atoms with Crippen LogP contribution in [0.5, 0.6) is 5.75 Å². The van der Waals surface area contributed by atoms with Crippen LogP contribution in [0.15, 0.2) is 18.2 Å². The molecular formula is C13H18FNO3S. The second kappa shape index (κ2) is 5.36. The van der Waals surface area contributed by atoms with Crippen LogP contribution >= 0.6 is 0 Å². The third-order valence-corrected chi connectivity index (χ3v) is 5.17. The van der Waals surface area contributed by atoms with Crippen LogP contribution in [0, 0.1) is 5.82 Å². The van der Waals surface area contributed by atoms with Gasteiger partial charge in [0.2, 0.25) is 0 Å². The van der Waals surface area contributed by atoms with E-state index in [9.17, 15) is 12.8 Å². The van der Waals surface area contributed by atoms with E-state index in [0.29, 0.717) is 12.1 Å². The number of hydrogen-bond donors (Lipinski definition) is 1. The van der Waals surface area contributed by atoms with E-state index in [-0.39, 0.29) is 11.8 Å². The molecular weight excluding hydrogens is 269 g/mol. The highest BCUT2D eigenvalue weighted by atomic mass is 32.2. The van der Waals surface area contributed by atoms with E-state index in [1.165, 1.54) is 25.5 Å². The number of rotatable bonds is 4. The van der Waals surface area contributed by atoms with Crippen molar-refractivity contribution in [2.24, 2.45) is 0 Å². The molecule has 4 nitrogen and oxygen atoms in total. The summed E-state index contributed by atoms with van der Waals surface area (Å²) in [4.78, 5) is 0. The molecule has 0 bridgehead atoms. The van der Waals surface area contributed by atoms with Crippen LogP contribution in [0.1, 0.15) is 19.3 Å². The maximum absolute atomic E-state index is 13.6. The Bertz CT molecular complexity index is 559. The minimum atomic E-state index is -3.08. The summed E-state index contributed by atoms with van der Waals surface area (Å²) in [6, 6.07) is 4.40. The van der Waals surface area contributed by atoms with Crippen molar-refractivity contribution in [1.29, 1.82) is 0 Å². The van der Waals surface area contributed by atoms with E-state index in [0.717, 1.165) is 12.8 Å². The first-order valence-electron chi connectivity index (χ1n) is 6.21. The van der Waals surface area contributed by atoms with Gasteiger partial charge in [-0.05, 0) is 31.4 Å². The number of nitrogens with one attached hydrogen (secondary N) is 1. The second-order valence-electron chi connectivity index (χ2n) is 4.90. The first-order chi connectivity index (χ1) is 8.91. The molecule has 0 amide bonds. The maximum atomic E-state index is 13.6. The lowest BCUT2D eigenvalue weighted by Crippen LogP contribution is -2.34. The largest absolute Gasteiger partial charge is 0.494 e. The zero-order valence-corrected chi connectivity index (χ0v) is 11.8. The first-order valence-corrected chi connectivity index (χ1v) is 8.16. The van der Waals surface area contributed by atoms with Crippen molar-refractivity contribution in [2.45, 2.75) is 30.6 Å². The predicted molar refractivity (Wildman–Crippen MR) is 72.8 cm³/mol. The molecule has 1 saturated carbocycles. The van der Waals surface area contributed by atoms with Crippen LogP contribution < -0.4 is 10.1 Å². The predicted octanol–water partition coefficient (Wildman–Crippen LogP) is 2.21. The van der Waals surface area contributed by atoms with E-state index in [2.05, 4.69) is 5.32 Å². The van der Waals surface area contributed by atoms with Crippen LogP contribution in [0.25, 0.3) is 0 Å². The molecule has 19 heavy (non-hydrogen) atoms. The fourth-order valence-electron chi connectivity index (χ4n) is 2.57. The fraction of sp³-hybridized carbons (Fsp3) is 0.538. The second-order valence-corrected chi connectivity index (χ2v) is 7.16. The van der Waals surface area contributed by atoms with Gasteiger partial charge in [-0.2, -0.15) is 0 Å². The molecule has 2 rings (SSSR count). The Balaban J connectivity index is 2.15. The van der Waals surface area contributed by atoms with Gasteiger partial charge in [0.05, 0.1) is 12.4 Å². The minimum Gasteiger partial charge on any atom is -0.494 e. The van der Waals surface area contributed by atoms with E-state index in [1.54, 1.807) is 6.07 Å². The number of methoxy groups -OCH3 is 1. The Labute approximate surface area is 112 Å². The minimum absolute atomic E-state index is 0.150. The molecule has 0 spiro atoms. The lowest BCUT2D eigenvalue weighted by atomic mass is 10.2. The topological polar surface area (TPSA) is 55.4 Å². The van der Waals surface area contributed by atoms with Crippen LogP contribution in [-0.2, 0) is 9.84 Å². The Kier molecular flexibility index (Phi) is 3.99. The summed E-state index contributed by atoms with van der Waals surface area (Å²) in [5.41, 5.74) is 0.582. The lowest BCUT2D eigenvalue weighted by molar-refractivity contribution is 0.386.